The third-order valence-electron chi connectivity index (χ3n) is 6.59. The van der Waals surface area contributed by atoms with Crippen LogP contribution in [-0.4, -0.2) is 40.1 Å². The molecule has 1 aliphatic carbocycles. The molecule has 1 saturated heterocycles. The average molecular weight is 468 g/mol. The number of anilines is 1. The van der Waals surface area contributed by atoms with Gasteiger partial charge in [0.05, 0.1) is 17.9 Å². The van der Waals surface area contributed by atoms with Gasteiger partial charge in [-0.15, -0.1) is 0 Å². The van der Waals surface area contributed by atoms with Crippen LogP contribution in [0.4, 0.5) is 14.9 Å². The number of nitrogens with zero attached hydrogens (tertiary/aromatic N) is 3. The van der Waals surface area contributed by atoms with Gasteiger partial charge in [-0.2, -0.15) is 0 Å². The van der Waals surface area contributed by atoms with E-state index in [1.807, 2.05) is 12.3 Å². The molecule has 7 heteroatoms. The summed E-state index contributed by atoms with van der Waals surface area (Å²) in [6, 6.07) is 9.54. The second-order valence-electron chi connectivity index (χ2n) is 10.3. The number of hydrogen-bond acceptors (Lipinski definition) is 4. The van der Waals surface area contributed by atoms with Crippen molar-refractivity contribution in [2.24, 2.45) is 0 Å². The van der Waals surface area contributed by atoms with Crippen LogP contribution in [0.2, 0.25) is 0 Å². The molecular weight excluding hydrogens is 433 g/mol. The molecule has 2 fully saturated rings. The third-order valence-corrected chi connectivity index (χ3v) is 6.59. The lowest BCUT2D eigenvalue weighted by atomic mass is 9.85. The van der Waals surface area contributed by atoms with E-state index in [1.165, 1.54) is 53.5 Å². The molecule has 0 bridgehead atoms. The molecule has 2 aliphatic rings. The number of likely N-dealkylation sites (tertiary alicyclic amines) is 1. The Kier molecular flexibility index (Phi) is 7.19. The smallest absolute Gasteiger partial charge is 0.410 e. The number of pyridine rings is 1. The van der Waals surface area contributed by atoms with Gasteiger partial charge < -0.3 is 9.64 Å². The number of carbonyl (C=O) groups excluding carboxylic acids is 2. The van der Waals surface area contributed by atoms with Gasteiger partial charge in [-0.25, -0.2) is 9.18 Å². The van der Waals surface area contributed by atoms with E-state index < -0.39 is 23.6 Å². The fourth-order valence-electron chi connectivity index (χ4n) is 4.68. The van der Waals surface area contributed by atoms with Crippen molar-refractivity contribution in [3.63, 3.8) is 0 Å². The van der Waals surface area contributed by atoms with Crippen molar-refractivity contribution in [1.29, 1.82) is 0 Å². The molecule has 4 rings (SSSR count). The average Bonchev–Trinajstić information content (AvgIpc) is 2.77. The van der Waals surface area contributed by atoms with Gasteiger partial charge in [0.15, 0.2) is 0 Å². The van der Waals surface area contributed by atoms with E-state index in [4.69, 9.17) is 4.74 Å². The first-order valence-electron chi connectivity index (χ1n) is 12.2. The fraction of sp³-hybridized carbons (Fsp3) is 0.519. The summed E-state index contributed by atoms with van der Waals surface area (Å²) in [4.78, 5) is 33.6. The highest BCUT2D eigenvalue weighted by molar-refractivity contribution is 5.99. The van der Waals surface area contributed by atoms with Crippen LogP contribution in [-0.2, 0) is 16.1 Å². The van der Waals surface area contributed by atoms with E-state index in [1.54, 1.807) is 39.0 Å². The highest BCUT2D eigenvalue weighted by Gasteiger charge is 2.42. The molecule has 182 valence electrons. The topological polar surface area (TPSA) is 62.7 Å². The van der Waals surface area contributed by atoms with Crippen LogP contribution in [0, 0.1) is 5.82 Å². The minimum absolute atomic E-state index is 0.128. The molecule has 34 heavy (non-hydrogen) atoms. The van der Waals surface area contributed by atoms with Crippen LogP contribution in [0.1, 0.15) is 76.5 Å². The minimum atomic E-state index is -0.684. The van der Waals surface area contributed by atoms with Crippen LogP contribution in [0.15, 0.2) is 42.6 Å². The number of amides is 2. The summed E-state index contributed by atoms with van der Waals surface area (Å²) in [5.74, 6) is -0.282. The van der Waals surface area contributed by atoms with Gasteiger partial charge in [0.1, 0.15) is 17.5 Å². The summed E-state index contributed by atoms with van der Waals surface area (Å²) in [6.07, 6.45) is 8.04. The van der Waals surface area contributed by atoms with Gasteiger partial charge in [-0.3, -0.25) is 14.7 Å². The van der Waals surface area contributed by atoms with Crippen LogP contribution in [0.3, 0.4) is 0 Å². The first kappa shape index (κ1) is 24.2. The van der Waals surface area contributed by atoms with Gasteiger partial charge in [0.2, 0.25) is 5.91 Å². The molecule has 0 unspecified atom stereocenters. The predicted molar refractivity (Wildman–Crippen MR) is 129 cm³/mol. The fourth-order valence-corrected chi connectivity index (χ4v) is 4.68. The van der Waals surface area contributed by atoms with Gasteiger partial charge in [0.25, 0.3) is 0 Å². The second kappa shape index (κ2) is 10.1. The molecule has 1 aliphatic heterocycles. The monoisotopic (exact) mass is 467 g/mol. The Bertz CT molecular complexity index is 1010. The molecule has 1 atom stereocenters. The third kappa shape index (κ3) is 5.57. The first-order chi connectivity index (χ1) is 16.2. The van der Waals surface area contributed by atoms with E-state index in [0.717, 1.165) is 0 Å². The van der Waals surface area contributed by atoms with Crippen molar-refractivity contribution >= 4 is 17.7 Å². The van der Waals surface area contributed by atoms with Crippen molar-refractivity contribution in [1.82, 2.24) is 9.88 Å². The summed E-state index contributed by atoms with van der Waals surface area (Å²) >= 11 is 0. The molecule has 1 aromatic heterocycles. The maximum absolute atomic E-state index is 14.8. The zero-order valence-corrected chi connectivity index (χ0v) is 20.3. The Hall–Kier alpha value is -2.96. The molecule has 0 spiro atoms. The number of benzene rings is 1. The Morgan fingerprint density at radius 2 is 1.82 bits per heavy atom. The van der Waals surface area contributed by atoms with Crippen LogP contribution in [0.25, 0.3) is 0 Å². The summed E-state index contributed by atoms with van der Waals surface area (Å²) in [5, 5.41) is 0. The van der Waals surface area contributed by atoms with E-state index in [0.29, 0.717) is 24.6 Å². The molecule has 2 amide bonds. The van der Waals surface area contributed by atoms with E-state index >= 15 is 0 Å². The maximum Gasteiger partial charge on any atom is 0.410 e. The molecule has 1 aromatic carbocycles. The number of aromatic nitrogens is 1. The molecule has 2 aromatic rings. The second-order valence-corrected chi connectivity index (χ2v) is 10.3. The van der Waals surface area contributed by atoms with Gasteiger partial charge in [-0.05, 0) is 69.7 Å². The minimum Gasteiger partial charge on any atom is -0.444 e. The van der Waals surface area contributed by atoms with Crippen molar-refractivity contribution in [3.8, 4) is 0 Å². The van der Waals surface area contributed by atoms with E-state index in [9.17, 15) is 14.0 Å². The summed E-state index contributed by atoms with van der Waals surface area (Å²) in [7, 11) is 0. The number of hydrogen-bond donors (Lipinski definition) is 0. The molecule has 0 N–H and O–H groups in total. The normalized spacial score (nSPS) is 18.8. The Balaban J connectivity index is 1.54. The molecule has 6 nitrogen and oxygen atoms in total. The number of halogens is 1. The summed E-state index contributed by atoms with van der Waals surface area (Å²) in [5.41, 5.74) is 1.43. The van der Waals surface area contributed by atoms with Crippen LogP contribution >= 0.6 is 0 Å². The molecule has 1 saturated carbocycles. The Labute approximate surface area is 201 Å². The Morgan fingerprint density at radius 1 is 1.09 bits per heavy atom. The zero-order chi connectivity index (χ0) is 24.3. The highest BCUT2D eigenvalue weighted by atomic mass is 19.1. The van der Waals surface area contributed by atoms with Crippen molar-refractivity contribution in [2.75, 3.05) is 11.4 Å². The number of carbonyl (C=O) groups is 2. The lowest BCUT2D eigenvalue weighted by molar-refractivity contribution is -0.128. The van der Waals surface area contributed by atoms with Crippen LogP contribution in [0.5, 0.6) is 0 Å². The van der Waals surface area contributed by atoms with Gasteiger partial charge in [-0.1, -0.05) is 37.5 Å². The molecule has 0 radical (unpaired) electrons. The maximum atomic E-state index is 14.8. The number of ether oxygens (including phenoxy) is 1. The van der Waals surface area contributed by atoms with Gasteiger partial charge >= 0.3 is 6.09 Å². The van der Waals surface area contributed by atoms with E-state index in [-0.39, 0.29) is 18.1 Å². The lowest BCUT2D eigenvalue weighted by Gasteiger charge is -2.42. The van der Waals surface area contributed by atoms with Crippen molar-refractivity contribution in [3.05, 3.63) is 59.7 Å². The van der Waals surface area contributed by atoms with Crippen molar-refractivity contribution in [2.45, 2.75) is 83.4 Å². The largest absolute Gasteiger partial charge is 0.444 e. The van der Waals surface area contributed by atoms with Crippen molar-refractivity contribution < 1.29 is 18.7 Å². The van der Waals surface area contributed by atoms with Crippen LogP contribution < -0.4 is 4.90 Å². The quantitative estimate of drug-likeness (QED) is 0.557. The van der Waals surface area contributed by atoms with E-state index in [2.05, 4.69) is 11.1 Å². The summed E-state index contributed by atoms with van der Waals surface area (Å²) in [6.45, 7) is 5.93. The number of rotatable bonds is 5. The predicted octanol–water partition coefficient (Wildman–Crippen LogP) is 5.81. The standard InChI is InChI=1S/C27H34FN3O3/c1-27(2,3)34-26(33)30-16-15-24(30)25(32)31(23-12-8-7-11-22(23)28)18-21-14-13-20(17-29-21)19-9-5-4-6-10-19/h7-8,11-14,17,19,24H,4-6,9-10,15-16,18H2,1-3H3/t24-/m1/s1. The highest BCUT2D eigenvalue weighted by Crippen LogP contribution is 2.33. The van der Waals surface area contributed by atoms with Gasteiger partial charge in [0, 0.05) is 12.7 Å². The lowest BCUT2D eigenvalue weighted by Crippen LogP contribution is -2.60. The Morgan fingerprint density at radius 3 is 2.41 bits per heavy atom. The molecular formula is C27H34FN3O3. The SMILES string of the molecule is CC(C)(C)OC(=O)N1CC[C@@H]1C(=O)N(Cc1ccc(C2CCCCC2)cn1)c1ccccc1F. The first-order valence-corrected chi connectivity index (χ1v) is 12.2. The molecule has 2 heterocycles. The zero-order valence-electron chi connectivity index (χ0n) is 20.3. The summed E-state index contributed by atoms with van der Waals surface area (Å²) < 4.78 is 20.2. The number of para-hydroxylation sites is 1.